The second-order valence-electron chi connectivity index (χ2n) is 3.21. The number of hydrogen-bond donors (Lipinski definition) is 2. The van der Waals surface area contributed by atoms with E-state index in [1.807, 2.05) is 0 Å². The average Bonchev–Trinajstić information content (AvgIpc) is 2.64. The molecule has 2 rings (SSSR count). The molecule has 7 heteroatoms. The van der Waals surface area contributed by atoms with Gasteiger partial charge in [-0.25, -0.2) is 4.79 Å². The van der Waals surface area contributed by atoms with Gasteiger partial charge in [-0.05, 0) is 17.7 Å². The fourth-order valence-electron chi connectivity index (χ4n) is 1.34. The molecular weight excluding hydrogens is 225 g/mol. The quantitative estimate of drug-likeness (QED) is 0.778. The minimum absolute atomic E-state index is 0.278. The third kappa shape index (κ3) is 2.08. The lowest BCUT2D eigenvalue weighted by Gasteiger charge is -2.11. The van der Waals surface area contributed by atoms with Gasteiger partial charge in [0.1, 0.15) is 6.17 Å². The lowest BCUT2D eigenvalue weighted by Crippen LogP contribution is -2.22. The van der Waals surface area contributed by atoms with Crippen LogP contribution in [0.15, 0.2) is 24.3 Å². The number of hydrogen-bond acceptors (Lipinski definition) is 3. The summed E-state index contributed by atoms with van der Waals surface area (Å²) >= 11 is 0. The molecule has 0 spiro atoms. The van der Waals surface area contributed by atoms with E-state index >= 15 is 0 Å². The summed E-state index contributed by atoms with van der Waals surface area (Å²) in [7, 11) is 0. The van der Waals surface area contributed by atoms with Gasteiger partial charge in [0.2, 0.25) is 0 Å². The zero-order valence-corrected chi connectivity index (χ0v) is 7.84. The van der Waals surface area contributed by atoms with Crippen LogP contribution < -0.4 is 10.8 Å². The molecule has 0 aromatic heterocycles. The molecule has 1 saturated heterocycles. The summed E-state index contributed by atoms with van der Waals surface area (Å²) in [4.78, 5) is 15.1. The first-order valence-corrected chi connectivity index (χ1v) is 4.37. The highest BCUT2D eigenvalue weighted by Gasteiger charge is 2.32. The van der Waals surface area contributed by atoms with Crippen LogP contribution in [0.25, 0.3) is 0 Å². The zero-order valence-electron chi connectivity index (χ0n) is 7.84. The summed E-state index contributed by atoms with van der Waals surface area (Å²) in [5.74, 6) is 0. The number of amides is 1. The fraction of sp³-hybridized carbons (Fsp3) is 0.222. The Morgan fingerprint density at radius 1 is 1.31 bits per heavy atom. The largest absolute Gasteiger partial charge is 0.427 e. The monoisotopic (exact) mass is 232 g/mol. The molecular formula is C9H7F3N2O2. The smallest absolute Gasteiger partial charge is 0.351 e. The van der Waals surface area contributed by atoms with Crippen molar-refractivity contribution in [3.8, 4) is 0 Å². The molecule has 0 radical (unpaired) electrons. The van der Waals surface area contributed by atoms with Crippen molar-refractivity contribution in [1.29, 1.82) is 0 Å². The van der Waals surface area contributed by atoms with Crippen molar-refractivity contribution in [2.45, 2.75) is 12.3 Å². The number of alkyl halides is 3. The molecule has 1 unspecified atom stereocenters. The molecule has 0 aliphatic carbocycles. The molecule has 1 atom stereocenters. The van der Waals surface area contributed by atoms with E-state index in [1.54, 1.807) is 0 Å². The van der Waals surface area contributed by atoms with E-state index in [2.05, 4.69) is 15.6 Å². The van der Waals surface area contributed by atoms with Gasteiger partial charge < -0.3 is 4.84 Å². The first-order chi connectivity index (χ1) is 7.47. The highest BCUT2D eigenvalue weighted by Crippen LogP contribution is 2.30. The number of carbonyl (C=O) groups is 1. The van der Waals surface area contributed by atoms with Gasteiger partial charge in [-0.1, -0.05) is 12.1 Å². The Bertz CT molecular complexity index is 419. The summed E-state index contributed by atoms with van der Waals surface area (Å²) in [5.41, 5.74) is 1.78. The van der Waals surface area contributed by atoms with Crippen molar-refractivity contribution in [1.82, 2.24) is 10.8 Å². The summed E-state index contributed by atoms with van der Waals surface area (Å²) in [6.07, 6.45) is -5.88. The molecule has 1 aromatic rings. The number of carbonyl (C=O) groups excluding carboxylic acids is 1. The molecule has 2 N–H and O–H groups in total. The Balaban J connectivity index is 2.26. The maximum atomic E-state index is 12.4. The van der Waals surface area contributed by atoms with Gasteiger partial charge in [0.05, 0.1) is 5.56 Å². The van der Waals surface area contributed by atoms with Crippen molar-refractivity contribution in [3.63, 3.8) is 0 Å². The predicted molar refractivity (Wildman–Crippen MR) is 46.9 cm³/mol. The minimum atomic E-state index is -4.40. The van der Waals surface area contributed by atoms with Crippen LogP contribution in [0.1, 0.15) is 17.3 Å². The fourth-order valence-corrected chi connectivity index (χ4v) is 1.34. The molecule has 1 aromatic carbocycles. The molecule has 1 amide bonds. The average molecular weight is 232 g/mol. The number of nitrogens with one attached hydrogen (secondary N) is 2. The van der Waals surface area contributed by atoms with E-state index in [1.165, 1.54) is 12.1 Å². The third-order valence-corrected chi connectivity index (χ3v) is 2.08. The SMILES string of the molecule is O=C1NC(c2cccc(C(F)(F)F)c2)NO1. The van der Waals surface area contributed by atoms with Gasteiger partial charge in [-0.2, -0.15) is 13.2 Å². The molecule has 1 fully saturated rings. The summed E-state index contributed by atoms with van der Waals surface area (Å²) < 4.78 is 37.2. The second kappa shape index (κ2) is 3.67. The van der Waals surface area contributed by atoms with Gasteiger partial charge in [0.15, 0.2) is 0 Å². The van der Waals surface area contributed by atoms with Crippen LogP contribution in [-0.4, -0.2) is 6.09 Å². The normalized spacial score (nSPS) is 20.4. The summed E-state index contributed by atoms with van der Waals surface area (Å²) in [6, 6.07) is 4.64. The van der Waals surface area contributed by atoms with E-state index in [9.17, 15) is 18.0 Å². The van der Waals surface area contributed by atoms with Gasteiger partial charge >= 0.3 is 12.3 Å². The summed E-state index contributed by atoms with van der Waals surface area (Å²) in [5, 5.41) is 2.31. The molecule has 4 nitrogen and oxygen atoms in total. The van der Waals surface area contributed by atoms with Gasteiger partial charge in [-0.3, -0.25) is 5.32 Å². The molecule has 1 aliphatic rings. The number of rotatable bonds is 1. The van der Waals surface area contributed by atoms with Crippen molar-refractivity contribution >= 4 is 6.09 Å². The molecule has 1 heterocycles. The van der Waals surface area contributed by atoms with E-state index in [4.69, 9.17) is 0 Å². The Labute approximate surface area is 88.3 Å². The van der Waals surface area contributed by atoms with Crippen LogP contribution in [0.2, 0.25) is 0 Å². The summed E-state index contributed by atoms with van der Waals surface area (Å²) in [6.45, 7) is 0. The maximum absolute atomic E-state index is 12.4. The van der Waals surface area contributed by atoms with Gasteiger partial charge in [0, 0.05) is 0 Å². The van der Waals surface area contributed by atoms with Crippen molar-refractivity contribution in [3.05, 3.63) is 35.4 Å². The second-order valence-corrected chi connectivity index (χ2v) is 3.21. The van der Waals surface area contributed by atoms with Crippen LogP contribution in [0.5, 0.6) is 0 Å². The first-order valence-electron chi connectivity index (χ1n) is 4.37. The Kier molecular flexibility index (Phi) is 2.47. The van der Waals surface area contributed by atoms with Crippen molar-refractivity contribution in [2.24, 2.45) is 0 Å². The lowest BCUT2D eigenvalue weighted by atomic mass is 10.1. The van der Waals surface area contributed by atoms with Crippen LogP contribution in [0.4, 0.5) is 18.0 Å². The number of benzene rings is 1. The highest BCUT2D eigenvalue weighted by atomic mass is 19.4. The standard InChI is InChI=1S/C9H7F3N2O2/c10-9(11,12)6-3-1-2-5(4-6)7-13-8(15)16-14-7/h1-4,7,14H,(H,13,15). The Morgan fingerprint density at radius 3 is 2.62 bits per heavy atom. The number of hydroxylamine groups is 1. The minimum Gasteiger partial charge on any atom is -0.351 e. The molecule has 0 saturated carbocycles. The molecule has 16 heavy (non-hydrogen) atoms. The van der Waals surface area contributed by atoms with Crippen molar-refractivity contribution < 1.29 is 22.8 Å². The van der Waals surface area contributed by atoms with Gasteiger partial charge in [0.25, 0.3) is 0 Å². The van der Waals surface area contributed by atoms with Crippen molar-refractivity contribution in [2.75, 3.05) is 0 Å². The van der Waals surface area contributed by atoms with E-state index in [0.717, 1.165) is 12.1 Å². The predicted octanol–water partition coefficient (Wildman–Crippen LogP) is 1.95. The van der Waals surface area contributed by atoms with Crippen LogP contribution >= 0.6 is 0 Å². The van der Waals surface area contributed by atoms with E-state index in [0.29, 0.717) is 0 Å². The number of halogens is 3. The molecule has 0 bridgehead atoms. The van der Waals surface area contributed by atoms with Gasteiger partial charge in [-0.15, -0.1) is 5.48 Å². The van der Waals surface area contributed by atoms with E-state index in [-0.39, 0.29) is 5.56 Å². The molecule has 1 aliphatic heterocycles. The van der Waals surface area contributed by atoms with Crippen LogP contribution in [-0.2, 0) is 11.0 Å². The Morgan fingerprint density at radius 2 is 2.06 bits per heavy atom. The Hall–Kier alpha value is -1.76. The topological polar surface area (TPSA) is 50.4 Å². The zero-order chi connectivity index (χ0) is 11.8. The molecule has 86 valence electrons. The van der Waals surface area contributed by atoms with E-state index < -0.39 is 24.0 Å². The van der Waals surface area contributed by atoms with Crippen LogP contribution in [0, 0.1) is 0 Å². The lowest BCUT2D eigenvalue weighted by molar-refractivity contribution is -0.137. The maximum Gasteiger partial charge on any atom is 0.427 e. The highest BCUT2D eigenvalue weighted by molar-refractivity contribution is 5.69. The third-order valence-electron chi connectivity index (χ3n) is 2.08. The first kappa shape index (κ1) is 10.7. The van der Waals surface area contributed by atoms with Crippen LogP contribution in [0.3, 0.4) is 0 Å².